The zero-order valence-electron chi connectivity index (χ0n) is 10.2. The first-order valence-electron chi connectivity index (χ1n) is 5.52. The Morgan fingerprint density at radius 1 is 1.58 bits per heavy atom. The lowest BCUT2D eigenvalue weighted by atomic mass is 10.3. The Balaban J connectivity index is 2.42. The third kappa shape index (κ3) is 1.79. The maximum absolute atomic E-state index is 7.73. The van der Waals surface area contributed by atoms with Crippen molar-refractivity contribution in [2.75, 3.05) is 13.2 Å². The highest BCUT2D eigenvalue weighted by Gasteiger charge is 2.19. The van der Waals surface area contributed by atoms with E-state index in [4.69, 9.17) is 15.0 Å². The lowest BCUT2D eigenvalue weighted by Gasteiger charge is -2.26. The van der Waals surface area contributed by atoms with E-state index in [0.29, 0.717) is 13.2 Å². The maximum Gasteiger partial charge on any atom is 0.145 e. The second-order valence-electron chi connectivity index (χ2n) is 2.42. The summed E-state index contributed by atoms with van der Waals surface area (Å²) in [5.41, 5.74) is 0. The van der Waals surface area contributed by atoms with Crippen LogP contribution in [0.15, 0.2) is 28.6 Å². The molecule has 3 heteroatoms. The van der Waals surface area contributed by atoms with Gasteiger partial charge in [0, 0.05) is 4.47 Å². The van der Waals surface area contributed by atoms with Crippen LogP contribution in [0.5, 0.6) is 5.75 Å². The van der Waals surface area contributed by atoms with E-state index in [2.05, 4.69) is 15.9 Å². The van der Waals surface area contributed by atoms with Crippen molar-refractivity contribution in [2.45, 2.75) is 6.10 Å². The van der Waals surface area contributed by atoms with E-state index in [-0.39, 0.29) is 40.5 Å². The molecule has 0 aromatic heterocycles. The smallest absolute Gasteiger partial charge is 0.145 e. The molecule has 1 aromatic rings. The number of halogens is 1. The molecule has 12 heavy (non-hydrogen) atoms. The first-order valence-corrected chi connectivity index (χ1v) is 4.32. The van der Waals surface area contributed by atoms with Gasteiger partial charge in [0.05, 0.1) is 18.7 Å². The maximum atomic E-state index is 7.73. The number of ether oxygens (including phenoxy) is 2. The first kappa shape index (κ1) is 4.63. The minimum atomic E-state index is -0.238. The second-order valence-corrected chi connectivity index (χ2v) is 3.21. The van der Waals surface area contributed by atoms with Crippen LogP contribution >= 0.6 is 15.9 Å². The molecule has 0 radical (unpaired) electrons. The number of hydrogen-bond acceptors (Lipinski definition) is 2. The molecule has 1 aliphatic rings. The average molecular weight is 233 g/mol. The van der Waals surface area contributed by atoms with E-state index < -0.39 is 0 Å². The Labute approximate surface area is 85.2 Å². The lowest BCUT2D eigenvalue weighted by molar-refractivity contribution is -0.0797. The van der Waals surface area contributed by atoms with Crippen LogP contribution in [0.1, 0.15) is 5.48 Å². The summed E-state index contributed by atoms with van der Waals surface area (Å²) in [4.78, 5) is 0. The third-order valence-corrected chi connectivity index (χ3v) is 1.86. The summed E-state index contributed by atoms with van der Waals surface area (Å²) in [5.74, 6) is 0.0428. The minimum absolute atomic E-state index is 0.0428. The molecular formula is C9H9BrO2. The average Bonchev–Trinajstić information content (AvgIpc) is 2.21. The molecule has 0 aliphatic carbocycles. The molecular weight excluding hydrogens is 220 g/mol. The number of hydrogen-bond donors (Lipinski definition) is 0. The zero-order chi connectivity index (χ0) is 11.9. The first-order chi connectivity index (χ1) is 7.52. The van der Waals surface area contributed by atoms with Crippen molar-refractivity contribution in [3.05, 3.63) is 28.6 Å². The summed E-state index contributed by atoms with van der Waals surface area (Å²) < 4.78 is 40.9. The van der Waals surface area contributed by atoms with Crippen LogP contribution < -0.4 is 4.74 Å². The molecule has 0 bridgehead atoms. The Kier molecular flexibility index (Phi) is 1.33. The van der Waals surface area contributed by atoms with Crippen molar-refractivity contribution in [3.63, 3.8) is 0 Å². The van der Waals surface area contributed by atoms with Gasteiger partial charge in [0.25, 0.3) is 0 Å². The molecule has 0 amide bonds. The van der Waals surface area contributed by atoms with Gasteiger partial charge in [-0.1, -0.05) is 22.0 Å². The topological polar surface area (TPSA) is 18.5 Å². The van der Waals surface area contributed by atoms with Gasteiger partial charge in [-0.15, -0.1) is 0 Å². The predicted octanol–water partition coefficient (Wildman–Crippen LogP) is 2.23. The van der Waals surface area contributed by atoms with E-state index in [0.717, 1.165) is 0 Å². The zero-order valence-corrected chi connectivity index (χ0v) is 7.77. The van der Waals surface area contributed by atoms with Crippen molar-refractivity contribution in [1.82, 2.24) is 0 Å². The fraction of sp³-hybridized carbons (Fsp3) is 0.333. The van der Waals surface area contributed by atoms with Crippen LogP contribution in [-0.2, 0) is 4.74 Å². The van der Waals surface area contributed by atoms with Crippen molar-refractivity contribution in [3.8, 4) is 5.75 Å². The Morgan fingerprint density at radius 2 is 2.42 bits per heavy atom. The molecule has 0 saturated carbocycles. The van der Waals surface area contributed by atoms with Gasteiger partial charge >= 0.3 is 0 Å². The summed E-state index contributed by atoms with van der Waals surface area (Å²) >= 11 is 3.06. The Morgan fingerprint density at radius 3 is 3.08 bits per heavy atom. The van der Waals surface area contributed by atoms with Gasteiger partial charge in [-0.25, -0.2) is 0 Å². The van der Waals surface area contributed by atoms with Crippen molar-refractivity contribution < 1.29 is 15.0 Å². The van der Waals surface area contributed by atoms with Gasteiger partial charge < -0.3 is 9.47 Å². The molecule has 2 rings (SSSR count). The molecule has 1 fully saturated rings. The minimum Gasteiger partial charge on any atom is -0.486 e. The van der Waals surface area contributed by atoms with Crippen LogP contribution in [-0.4, -0.2) is 19.3 Å². The molecule has 0 N–H and O–H groups in total. The van der Waals surface area contributed by atoms with Crippen LogP contribution in [0.3, 0.4) is 0 Å². The summed E-state index contributed by atoms with van der Waals surface area (Å²) in [6.07, 6.45) is -0.156. The van der Waals surface area contributed by atoms with E-state index in [1.807, 2.05) is 0 Å². The van der Waals surface area contributed by atoms with Gasteiger partial charge in [0.15, 0.2) is 0 Å². The van der Waals surface area contributed by atoms with Gasteiger partial charge in [0.2, 0.25) is 0 Å². The third-order valence-electron chi connectivity index (χ3n) is 1.46. The summed E-state index contributed by atoms with van der Waals surface area (Å²) in [5, 5.41) is 0. The van der Waals surface area contributed by atoms with Crippen molar-refractivity contribution in [1.29, 1.82) is 0 Å². The van der Waals surface area contributed by atoms with E-state index in [1.54, 1.807) is 0 Å². The highest BCUT2D eigenvalue weighted by molar-refractivity contribution is 9.10. The van der Waals surface area contributed by atoms with Crippen molar-refractivity contribution in [2.24, 2.45) is 0 Å². The Bertz CT molecular complexity index is 405. The summed E-state index contributed by atoms with van der Waals surface area (Å²) in [7, 11) is 0. The predicted molar refractivity (Wildman–Crippen MR) is 49.4 cm³/mol. The van der Waals surface area contributed by atoms with Crippen molar-refractivity contribution >= 4 is 15.9 Å². The monoisotopic (exact) mass is 232 g/mol. The van der Waals surface area contributed by atoms with E-state index >= 15 is 0 Å². The molecule has 0 spiro atoms. The van der Waals surface area contributed by atoms with E-state index in [9.17, 15) is 0 Å². The molecule has 1 heterocycles. The SMILES string of the molecule is [2H]c1c([2H])c(Br)c([2H])c(OC2COC2)c1[2H]. The quantitative estimate of drug-likeness (QED) is 0.779. The Hall–Kier alpha value is -0.540. The molecule has 1 saturated heterocycles. The van der Waals surface area contributed by atoms with E-state index in [1.165, 1.54) is 0 Å². The van der Waals surface area contributed by atoms with Crippen LogP contribution in [0.2, 0.25) is 0 Å². The van der Waals surface area contributed by atoms with Gasteiger partial charge in [-0.3, -0.25) is 0 Å². The molecule has 0 atom stereocenters. The molecule has 64 valence electrons. The highest BCUT2D eigenvalue weighted by Crippen LogP contribution is 2.20. The lowest BCUT2D eigenvalue weighted by Crippen LogP contribution is -2.38. The summed E-state index contributed by atoms with van der Waals surface area (Å²) in [6, 6.07) is -0.673. The number of rotatable bonds is 2. The standard InChI is InChI=1S/C9H9BrO2/c10-7-2-1-3-8(4-7)12-9-5-11-6-9/h1-4,9H,5-6H2/i1D,2D,3D,4D. The largest absolute Gasteiger partial charge is 0.486 e. The van der Waals surface area contributed by atoms with Gasteiger partial charge in [-0.2, -0.15) is 0 Å². The molecule has 2 nitrogen and oxygen atoms in total. The highest BCUT2D eigenvalue weighted by atomic mass is 79.9. The fourth-order valence-electron chi connectivity index (χ4n) is 0.813. The second kappa shape index (κ2) is 3.46. The fourth-order valence-corrected chi connectivity index (χ4v) is 1.09. The van der Waals surface area contributed by atoms with Gasteiger partial charge in [0.1, 0.15) is 11.9 Å². The molecule has 1 aliphatic heterocycles. The van der Waals surface area contributed by atoms with Crippen LogP contribution in [0, 0.1) is 0 Å². The molecule has 1 aromatic carbocycles. The normalized spacial score (nSPS) is 21.8. The van der Waals surface area contributed by atoms with Crippen LogP contribution in [0.25, 0.3) is 0 Å². The number of benzene rings is 1. The van der Waals surface area contributed by atoms with Gasteiger partial charge in [-0.05, 0) is 18.1 Å². The van der Waals surface area contributed by atoms with Crippen LogP contribution in [0.4, 0.5) is 0 Å². The molecule has 0 unspecified atom stereocenters. The summed E-state index contributed by atoms with van der Waals surface area (Å²) in [6.45, 7) is 0.874.